The van der Waals surface area contributed by atoms with Crippen LogP contribution in [0, 0.1) is 0 Å². The first-order valence-electron chi connectivity index (χ1n) is 9.42. The van der Waals surface area contributed by atoms with Gasteiger partial charge in [-0.2, -0.15) is 0 Å². The summed E-state index contributed by atoms with van der Waals surface area (Å²) in [6.45, 7) is 0.644. The SMILES string of the molecule is O=C(c1cnc(C2CC2)s1)N1CCc2[nH]cnc2[C@H]1c1nc2ccccc2s1. The molecule has 2 aliphatic rings. The van der Waals surface area contributed by atoms with Gasteiger partial charge in [-0.1, -0.05) is 12.1 Å². The molecule has 3 aromatic heterocycles. The van der Waals surface area contributed by atoms with Gasteiger partial charge in [0.05, 0.1) is 33.4 Å². The van der Waals surface area contributed by atoms with E-state index in [4.69, 9.17) is 4.98 Å². The lowest BCUT2D eigenvalue weighted by Gasteiger charge is -2.33. The van der Waals surface area contributed by atoms with E-state index in [0.717, 1.165) is 38.0 Å². The Morgan fingerprint density at radius 1 is 1.14 bits per heavy atom. The maximum Gasteiger partial charge on any atom is 0.266 e. The van der Waals surface area contributed by atoms with E-state index in [1.807, 2.05) is 23.1 Å². The van der Waals surface area contributed by atoms with Crippen molar-refractivity contribution in [1.82, 2.24) is 24.8 Å². The van der Waals surface area contributed by atoms with Crippen molar-refractivity contribution in [2.75, 3.05) is 6.54 Å². The van der Waals surface area contributed by atoms with E-state index in [-0.39, 0.29) is 11.9 Å². The number of nitrogens with one attached hydrogen (secondary N) is 1. The molecule has 0 saturated heterocycles. The van der Waals surface area contributed by atoms with E-state index in [2.05, 4.69) is 21.0 Å². The van der Waals surface area contributed by atoms with Gasteiger partial charge >= 0.3 is 0 Å². The first-order chi connectivity index (χ1) is 13.8. The second-order valence-corrected chi connectivity index (χ2v) is 9.40. The summed E-state index contributed by atoms with van der Waals surface area (Å²) in [4.78, 5) is 33.2. The zero-order chi connectivity index (χ0) is 18.7. The number of nitrogens with zero attached hydrogens (tertiary/aromatic N) is 4. The molecule has 8 heteroatoms. The zero-order valence-electron chi connectivity index (χ0n) is 15.0. The van der Waals surface area contributed by atoms with Crippen LogP contribution in [0.1, 0.15) is 55.9 Å². The van der Waals surface area contributed by atoms with Crippen LogP contribution >= 0.6 is 22.7 Å². The first-order valence-corrected chi connectivity index (χ1v) is 11.1. The average molecular weight is 408 g/mol. The second-order valence-electron chi connectivity index (χ2n) is 7.27. The Labute approximate surface area is 169 Å². The van der Waals surface area contributed by atoms with Gasteiger partial charge in [0.15, 0.2) is 0 Å². The molecule has 6 nitrogen and oxygen atoms in total. The molecule has 4 heterocycles. The number of carbonyl (C=O) groups excluding carboxylic acids is 1. The molecule has 1 aromatic carbocycles. The number of aromatic nitrogens is 4. The Morgan fingerprint density at radius 2 is 2.04 bits per heavy atom. The first kappa shape index (κ1) is 16.4. The summed E-state index contributed by atoms with van der Waals surface area (Å²) in [7, 11) is 0. The molecular weight excluding hydrogens is 390 g/mol. The number of carbonyl (C=O) groups is 1. The van der Waals surface area contributed by atoms with Crippen LogP contribution in [-0.4, -0.2) is 37.3 Å². The number of para-hydroxylation sites is 1. The number of imidazole rings is 1. The molecule has 1 saturated carbocycles. The number of H-pyrrole nitrogens is 1. The van der Waals surface area contributed by atoms with Crippen LogP contribution in [0.2, 0.25) is 0 Å². The number of thiazole rings is 2. The Morgan fingerprint density at radius 3 is 2.89 bits per heavy atom. The average Bonchev–Trinajstić information content (AvgIpc) is 3.14. The van der Waals surface area contributed by atoms with E-state index in [1.54, 1.807) is 35.2 Å². The fraction of sp³-hybridized carbons (Fsp3) is 0.300. The van der Waals surface area contributed by atoms with Gasteiger partial charge in [0, 0.05) is 24.6 Å². The van der Waals surface area contributed by atoms with Crippen LogP contribution < -0.4 is 0 Å². The Bertz CT molecular complexity index is 1160. The standard InChI is InChI=1S/C20H17N5OS2/c26-20(15-9-21-18(28-15)11-5-6-11)25-8-7-13-16(23-10-22-13)17(25)19-24-12-3-1-2-4-14(12)27-19/h1-4,9-11,17H,5-8H2,(H,22,23)/t17-/m0/s1. The van der Waals surface area contributed by atoms with Gasteiger partial charge in [-0.15, -0.1) is 22.7 Å². The molecule has 1 fully saturated rings. The molecule has 1 N–H and O–H groups in total. The summed E-state index contributed by atoms with van der Waals surface area (Å²) in [5.74, 6) is 0.591. The lowest BCUT2D eigenvalue weighted by atomic mass is 10.0. The Hall–Kier alpha value is -2.58. The van der Waals surface area contributed by atoms with Gasteiger partial charge in [-0.25, -0.2) is 15.0 Å². The minimum absolute atomic E-state index is 0.0299. The van der Waals surface area contributed by atoms with Crippen molar-refractivity contribution < 1.29 is 4.79 Å². The normalized spacial score (nSPS) is 19.1. The van der Waals surface area contributed by atoms with Crippen molar-refractivity contribution in [2.24, 2.45) is 0 Å². The molecular formula is C20H17N5OS2. The van der Waals surface area contributed by atoms with E-state index in [0.29, 0.717) is 17.3 Å². The lowest BCUT2D eigenvalue weighted by Crippen LogP contribution is -2.40. The van der Waals surface area contributed by atoms with Gasteiger partial charge in [-0.05, 0) is 25.0 Å². The molecule has 0 radical (unpaired) electrons. The largest absolute Gasteiger partial charge is 0.348 e. The summed E-state index contributed by atoms with van der Waals surface area (Å²) in [6.07, 6.45) is 6.62. The Kier molecular flexibility index (Phi) is 3.64. The molecule has 6 rings (SSSR count). The van der Waals surface area contributed by atoms with Gasteiger partial charge in [-0.3, -0.25) is 4.79 Å². The van der Waals surface area contributed by atoms with Gasteiger partial charge in [0.1, 0.15) is 15.9 Å². The highest BCUT2D eigenvalue weighted by Crippen LogP contribution is 2.43. The smallest absolute Gasteiger partial charge is 0.266 e. The van der Waals surface area contributed by atoms with E-state index >= 15 is 0 Å². The monoisotopic (exact) mass is 407 g/mol. The van der Waals surface area contributed by atoms with Gasteiger partial charge in [0.25, 0.3) is 5.91 Å². The highest BCUT2D eigenvalue weighted by atomic mass is 32.1. The topological polar surface area (TPSA) is 74.8 Å². The summed E-state index contributed by atoms with van der Waals surface area (Å²) in [5, 5.41) is 2.01. The van der Waals surface area contributed by atoms with Crippen molar-refractivity contribution in [3.05, 3.63) is 63.1 Å². The molecule has 140 valence electrons. The molecule has 1 amide bonds. The van der Waals surface area contributed by atoms with E-state index in [1.165, 1.54) is 12.8 Å². The molecule has 1 atom stereocenters. The second kappa shape index (κ2) is 6.22. The summed E-state index contributed by atoms with van der Waals surface area (Å²) in [6, 6.07) is 7.84. The number of rotatable bonds is 3. The van der Waals surface area contributed by atoms with E-state index < -0.39 is 0 Å². The molecule has 1 aliphatic carbocycles. The highest BCUT2D eigenvalue weighted by molar-refractivity contribution is 7.18. The van der Waals surface area contributed by atoms with Crippen LogP contribution in [0.5, 0.6) is 0 Å². The van der Waals surface area contributed by atoms with Gasteiger partial charge < -0.3 is 9.88 Å². The molecule has 4 aromatic rings. The Balaban J connectivity index is 1.43. The van der Waals surface area contributed by atoms with Crippen LogP contribution in [-0.2, 0) is 6.42 Å². The number of hydrogen-bond acceptors (Lipinski definition) is 6. The maximum atomic E-state index is 13.4. The third-order valence-corrected chi connectivity index (χ3v) is 7.63. The molecule has 1 aliphatic heterocycles. The van der Waals surface area contributed by atoms with Crippen LogP contribution in [0.25, 0.3) is 10.2 Å². The van der Waals surface area contributed by atoms with Crippen molar-refractivity contribution in [3.63, 3.8) is 0 Å². The molecule has 28 heavy (non-hydrogen) atoms. The lowest BCUT2D eigenvalue weighted by molar-refractivity contribution is 0.0695. The van der Waals surface area contributed by atoms with Crippen molar-refractivity contribution in [2.45, 2.75) is 31.2 Å². The third-order valence-electron chi connectivity index (χ3n) is 5.39. The van der Waals surface area contributed by atoms with E-state index in [9.17, 15) is 4.79 Å². The highest BCUT2D eigenvalue weighted by Gasteiger charge is 2.37. The van der Waals surface area contributed by atoms with Crippen LogP contribution in [0.15, 0.2) is 36.8 Å². The van der Waals surface area contributed by atoms with Crippen molar-refractivity contribution in [1.29, 1.82) is 0 Å². The number of aromatic amines is 1. The summed E-state index contributed by atoms with van der Waals surface area (Å²) >= 11 is 3.18. The van der Waals surface area contributed by atoms with Crippen molar-refractivity contribution in [3.8, 4) is 0 Å². The summed E-state index contributed by atoms with van der Waals surface area (Å²) in [5.41, 5.74) is 2.97. The van der Waals surface area contributed by atoms with Crippen LogP contribution in [0.4, 0.5) is 0 Å². The molecule has 0 spiro atoms. The number of hydrogen-bond donors (Lipinski definition) is 1. The van der Waals surface area contributed by atoms with Crippen LogP contribution in [0.3, 0.4) is 0 Å². The number of fused-ring (bicyclic) bond motifs is 2. The molecule has 0 unspecified atom stereocenters. The summed E-state index contributed by atoms with van der Waals surface area (Å²) < 4.78 is 1.13. The minimum atomic E-state index is -0.258. The van der Waals surface area contributed by atoms with Crippen molar-refractivity contribution >= 4 is 38.8 Å². The number of amides is 1. The minimum Gasteiger partial charge on any atom is -0.348 e. The predicted octanol–water partition coefficient (Wildman–Crippen LogP) is 4.14. The fourth-order valence-electron chi connectivity index (χ4n) is 3.80. The maximum absolute atomic E-state index is 13.4. The molecule has 0 bridgehead atoms. The quantitative estimate of drug-likeness (QED) is 0.554. The third kappa shape index (κ3) is 2.59. The number of benzene rings is 1. The zero-order valence-corrected chi connectivity index (χ0v) is 16.6. The predicted molar refractivity (Wildman–Crippen MR) is 109 cm³/mol. The fourth-order valence-corrected chi connectivity index (χ4v) is 5.93. The van der Waals surface area contributed by atoms with Gasteiger partial charge in [0.2, 0.25) is 0 Å².